The smallest absolute Gasteiger partial charge is 0.203 e. The second kappa shape index (κ2) is 5.64. The molecule has 1 atom stereocenters. The molecule has 0 fully saturated rings. The Kier molecular flexibility index (Phi) is 3.71. The number of amidine groups is 1. The van der Waals surface area contributed by atoms with Gasteiger partial charge in [0.15, 0.2) is 5.84 Å². The van der Waals surface area contributed by atoms with E-state index < -0.39 is 0 Å². The number of hydrogen-bond acceptors (Lipinski definition) is 4. The largest absolute Gasteiger partial charge is 0.497 e. The quantitative estimate of drug-likeness (QED) is 0.936. The van der Waals surface area contributed by atoms with Crippen molar-refractivity contribution in [1.82, 2.24) is 5.48 Å². The van der Waals surface area contributed by atoms with Gasteiger partial charge in [0.25, 0.3) is 0 Å². The molecule has 20 heavy (non-hydrogen) atoms. The van der Waals surface area contributed by atoms with Crippen LogP contribution in [0.5, 0.6) is 5.75 Å². The first-order valence-corrected chi connectivity index (χ1v) is 6.95. The molecule has 0 spiro atoms. The third kappa shape index (κ3) is 2.55. The molecule has 1 aliphatic rings. The summed E-state index contributed by atoms with van der Waals surface area (Å²) >= 11 is 3.51. The van der Waals surface area contributed by atoms with Crippen molar-refractivity contribution in [1.29, 1.82) is 0 Å². The van der Waals surface area contributed by atoms with Crippen LogP contribution in [0.3, 0.4) is 0 Å². The van der Waals surface area contributed by atoms with Gasteiger partial charge in [-0.3, -0.25) is 0 Å². The van der Waals surface area contributed by atoms with Gasteiger partial charge in [-0.05, 0) is 30.3 Å². The van der Waals surface area contributed by atoms with Crippen LogP contribution in [0.15, 0.2) is 58.0 Å². The van der Waals surface area contributed by atoms with Gasteiger partial charge < -0.3 is 4.74 Å². The number of benzene rings is 2. The highest BCUT2D eigenvalue weighted by molar-refractivity contribution is 9.10. The fourth-order valence-corrected chi connectivity index (χ4v) is 2.45. The van der Waals surface area contributed by atoms with Gasteiger partial charge in [-0.1, -0.05) is 34.1 Å². The van der Waals surface area contributed by atoms with E-state index in [1.807, 2.05) is 48.5 Å². The van der Waals surface area contributed by atoms with E-state index in [9.17, 15) is 0 Å². The minimum atomic E-state index is -0.345. The number of nitrogens with zero attached hydrogens (tertiary/aromatic N) is 1. The standard InChI is InChI=1S/C15H13BrN2O2/c1-19-11-8-6-10(7-9-11)14-17-15(20-18-14)12-4-2-3-5-13(12)16/h2-9,15H,1H3,(H,17,18). The Morgan fingerprint density at radius 2 is 1.90 bits per heavy atom. The van der Waals surface area contributed by atoms with E-state index in [1.54, 1.807) is 7.11 Å². The third-order valence-corrected chi connectivity index (χ3v) is 3.77. The zero-order valence-electron chi connectivity index (χ0n) is 10.8. The Labute approximate surface area is 125 Å². The van der Waals surface area contributed by atoms with Crippen molar-refractivity contribution in [3.8, 4) is 5.75 Å². The number of methoxy groups -OCH3 is 1. The van der Waals surface area contributed by atoms with Crippen LogP contribution >= 0.6 is 15.9 Å². The minimum absolute atomic E-state index is 0.345. The maximum absolute atomic E-state index is 5.53. The lowest BCUT2D eigenvalue weighted by molar-refractivity contribution is 0.0373. The monoisotopic (exact) mass is 332 g/mol. The van der Waals surface area contributed by atoms with E-state index in [2.05, 4.69) is 26.4 Å². The molecule has 102 valence electrons. The molecule has 0 amide bonds. The van der Waals surface area contributed by atoms with Crippen molar-refractivity contribution in [2.75, 3.05) is 7.11 Å². The number of hydroxylamine groups is 1. The summed E-state index contributed by atoms with van der Waals surface area (Å²) < 4.78 is 6.12. The molecule has 1 aliphatic heterocycles. The molecule has 2 aromatic rings. The highest BCUT2D eigenvalue weighted by Crippen LogP contribution is 2.29. The second-order valence-electron chi connectivity index (χ2n) is 4.30. The molecule has 0 saturated heterocycles. The summed E-state index contributed by atoms with van der Waals surface area (Å²) in [4.78, 5) is 10.1. The first kappa shape index (κ1) is 13.1. The number of rotatable bonds is 3. The highest BCUT2D eigenvalue weighted by Gasteiger charge is 2.22. The van der Waals surface area contributed by atoms with Crippen molar-refractivity contribution in [3.05, 3.63) is 64.1 Å². The lowest BCUT2D eigenvalue weighted by Crippen LogP contribution is -2.17. The van der Waals surface area contributed by atoms with E-state index in [0.29, 0.717) is 5.84 Å². The van der Waals surface area contributed by atoms with Gasteiger partial charge in [0.05, 0.1) is 7.11 Å². The topological polar surface area (TPSA) is 42.9 Å². The van der Waals surface area contributed by atoms with Gasteiger partial charge >= 0.3 is 0 Å². The number of ether oxygens (including phenoxy) is 1. The average Bonchev–Trinajstić information content (AvgIpc) is 2.97. The number of halogens is 1. The van der Waals surface area contributed by atoms with Crippen molar-refractivity contribution in [2.45, 2.75) is 6.23 Å². The van der Waals surface area contributed by atoms with Crippen molar-refractivity contribution < 1.29 is 9.57 Å². The van der Waals surface area contributed by atoms with Crippen LogP contribution in [-0.4, -0.2) is 12.9 Å². The van der Waals surface area contributed by atoms with Crippen LogP contribution in [-0.2, 0) is 4.84 Å². The summed E-state index contributed by atoms with van der Waals surface area (Å²) in [5.74, 6) is 1.53. The molecule has 0 aliphatic carbocycles. The summed E-state index contributed by atoms with van der Waals surface area (Å²) in [6.07, 6.45) is -0.345. The molecule has 0 radical (unpaired) electrons. The van der Waals surface area contributed by atoms with E-state index in [0.717, 1.165) is 21.3 Å². The third-order valence-electron chi connectivity index (χ3n) is 3.05. The van der Waals surface area contributed by atoms with Gasteiger partial charge in [0, 0.05) is 15.6 Å². The lowest BCUT2D eigenvalue weighted by atomic mass is 10.2. The molecule has 1 N–H and O–H groups in total. The summed E-state index contributed by atoms with van der Waals surface area (Å²) in [7, 11) is 1.65. The summed E-state index contributed by atoms with van der Waals surface area (Å²) in [6.45, 7) is 0. The molecule has 5 heteroatoms. The van der Waals surface area contributed by atoms with Gasteiger partial charge in [-0.2, -0.15) is 0 Å². The predicted octanol–water partition coefficient (Wildman–Crippen LogP) is 3.44. The fraction of sp³-hybridized carbons (Fsp3) is 0.133. The SMILES string of the molecule is COc1ccc(C2=NC(c3ccccc3Br)ON2)cc1. The van der Waals surface area contributed by atoms with E-state index in [-0.39, 0.29) is 6.23 Å². The predicted molar refractivity (Wildman–Crippen MR) is 80.6 cm³/mol. The van der Waals surface area contributed by atoms with E-state index in [4.69, 9.17) is 9.57 Å². The highest BCUT2D eigenvalue weighted by atomic mass is 79.9. The van der Waals surface area contributed by atoms with Gasteiger partial charge in [0.1, 0.15) is 5.75 Å². The van der Waals surface area contributed by atoms with Crippen LogP contribution in [0.1, 0.15) is 17.4 Å². The Morgan fingerprint density at radius 1 is 1.15 bits per heavy atom. The zero-order chi connectivity index (χ0) is 13.9. The Balaban J connectivity index is 1.86. The van der Waals surface area contributed by atoms with Crippen LogP contribution in [0.2, 0.25) is 0 Å². The molecule has 4 nitrogen and oxygen atoms in total. The molecule has 0 aromatic heterocycles. The molecule has 2 aromatic carbocycles. The molecule has 3 rings (SSSR count). The first-order chi connectivity index (χ1) is 9.78. The summed E-state index contributed by atoms with van der Waals surface area (Å²) in [5.41, 5.74) is 4.82. The fourth-order valence-electron chi connectivity index (χ4n) is 1.97. The van der Waals surface area contributed by atoms with E-state index >= 15 is 0 Å². The van der Waals surface area contributed by atoms with Crippen molar-refractivity contribution in [2.24, 2.45) is 4.99 Å². The summed E-state index contributed by atoms with van der Waals surface area (Å²) in [6, 6.07) is 15.5. The molecule has 1 heterocycles. The van der Waals surface area contributed by atoms with E-state index in [1.165, 1.54) is 0 Å². The van der Waals surface area contributed by atoms with Crippen LogP contribution in [0.25, 0.3) is 0 Å². The molecular formula is C15H13BrN2O2. The second-order valence-corrected chi connectivity index (χ2v) is 5.15. The zero-order valence-corrected chi connectivity index (χ0v) is 12.4. The Hall–Kier alpha value is -1.85. The summed E-state index contributed by atoms with van der Waals surface area (Å²) in [5, 5.41) is 0. The minimum Gasteiger partial charge on any atom is -0.497 e. The van der Waals surface area contributed by atoms with Gasteiger partial charge in [-0.15, -0.1) is 0 Å². The lowest BCUT2D eigenvalue weighted by Gasteiger charge is -2.07. The van der Waals surface area contributed by atoms with Gasteiger partial charge in [0.2, 0.25) is 6.23 Å². The Morgan fingerprint density at radius 3 is 2.60 bits per heavy atom. The molecular weight excluding hydrogens is 320 g/mol. The molecule has 0 bridgehead atoms. The van der Waals surface area contributed by atoms with Crippen molar-refractivity contribution >= 4 is 21.8 Å². The van der Waals surface area contributed by atoms with Crippen LogP contribution in [0, 0.1) is 0 Å². The maximum atomic E-state index is 5.53. The molecule has 1 unspecified atom stereocenters. The van der Waals surface area contributed by atoms with Crippen LogP contribution < -0.4 is 10.2 Å². The average molecular weight is 333 g/mol. The normalized spacial score (nSPS) is 17.5. The number of hydrogen-bond donors (Lipinski definition) is 1. The maximum Gasteiger partial charge on any atom is 0.203 e. The Bertz CT molecular complexity index is 641. The van der Waals surface area contributed by atoms with Gasteiger partial charge in [-0.25, -0.2) is 15.3 Å². The first-order valence-electron chi connectivity index (χ1n) is 6.16. The number of nitrogens with one attached hydrogen (secondary N) is 1. The number of aliphatic imine (C=N–C) groups is 1. The van der Waals surface area contributed by atoms with Crippen LogP contribution in [0.4, 0.5) is 0 Å². The van der Waals surface area contributed by atoms with Crippen molar-refractivity contribution in [3.63, 3.8) is 0 Å². The molecule has 0 saturated carbocycles.